The van der Waals surface area contributed by atoms with Gasteiger partial charge in [0.15, 0.2) is 0 Å². The van der Waals surface area contributed by atoms with Crippen LogP contribution in [0.3, 0.4) is 0 Å². The third-order valence-corrected chi connectivity index (χ3v) is 2.93. The van der Waals surface area contributed by atoms with Crippen molar-refractivity contribution < 1.29 is 0 Å². The van der Waals surface area contributed by atoms with E-state index in [1.807, 2.05) is 38.4 Å². The van der Waals surface area contributed by atoms with Gasteiger partial charge in [-0.3, -0.25) is 4.98 Å². The Bertz CT molecular complexity index is 510. The molecule has 0 fully saturated rings. The zero-order chi connectivity index (χ0) is 13.0. The van der Waals surface area contributed by atoms with Crippen LogP contribution in [0.4, 0.5) is 5.82 Å². The lowest BCUT2D eigenvalue weighted by Crippen LogP contribution is -2.18. The Morgan fingerprint density at radius 3 is 2.72 bits per heavy atom. The Labute approximate surface area is 107 Å². The predicted molar refractivity (Wildman–Crippen MR) is 73.2 cm³/mol. The maximum Gasteiger partial charge on any atom is 0.128 e. The third kappa shape index (κ3) is 2.84. The summed E-state index contributed by atoms with van der Waals surface area (Å²) in [5.74, 6) is 0.952. The second-order valence-electron chi connectivity index (χ2n) is 4.34. The number of pyridine rings is 2. The van der Waals surface area contributed by atoms with Crippen molar-refractivity contribution in [1.29, 1.82) is 0 Å². The number of hydrogen-bond donors (Lipinski definition) is 1. The van der Waals surface area contributed by atoms with Crippen molar-refractivity contribution in [3.8, 4) is 0 Å². The molecule has 0 saturated heterocycles. The highest BCUT2D eigenvalue weighted by atomic mass is 15.2. The first kappa shape index (κ1) is 12.5. The predicted octanol–water partition coefficient (Wildman–Crippen LogP) is 1.88. The van der Waals surface area contributed by atoms with Crippen LogP contribution in [0.25, 0.3) is 0 Å². The highest BCUT2D eigenvalue weighted by Crippen LogP contribution is 2.15. The summed E-state index contributed by atoms with van der Waals surface area (Å²) in [5.41, 5.74) is 8.89. The summed E-state index contributed by atoms with van der Waals surface area (Å²) < 4.78 is 0. The lowest BCUT2D eigenvalue weighted by molar-refractivity contribution is 0.879. The zero-order valence-electron chi connectivity index (χ0n) is 10.8. The SMILES string of the molecule is Cc1nc(N(C)Cc2cccnc2)ccc1CN. The van der Waals surface area contributed by atoms with E-state index in [2.05, 4.69) is 20.9 Å². The molecule has 2 N–H and O–H groups in total. The first-order valence-electron chi connectivity index (χ1n) is 5.97. The number of anilines is 1. The van der Waals surface area contributed by atoms with Crippen molar-refractivity contribution >= 4 is 5.82 Å². The van der Waals surface area contributed by atoms with Crippen molar-refractivity contribution in [2.24, 2.45) is 5.73 Å². The number of nitrogens with zero attached hydrogens (tertiary/aromatic N) is 3. The van der Waals surface area contributed by atoms with Gasteiger partial charge in [0.1, 0.15) is 5.82 Å². The van der Waals surface area contributed by atoms with E-state index in [1.165, 1.54) is 5.56 Å². The van der Waals surface area contributed by atoms with Crippen LogP contribution < -0.4 is 10.6 Å². The van der Waals surface area contributed by atoms with Crippen molar-refractivity contribution in [2.45, 2.75) is 20.0 Å². The molecule has 2 aromatic rings. The quantitative estimate of drug-likeness (QED) is 0.889. The Hall–Kier alpha value is -1.94. The Morgan fingerprint density at radius 1 is 1.28 bits per heavy atom. The molecule has 0 radical (unpaired) electrons. The summed E-state index contributed by atoms with van der Waals surface area (Å²) in [5, 5.41) is 0. The third-order valence-electron chi connectivity index (χ3n) is 2.93. The van der Waals surface area contributed by atoms with Crippen LogP contribution in [0.15, 0.2) is 36.7 Å². The molecule has 4 nitrogen and oxygen atoms in total. The van der Waals surface area contributed by atoms with Gasteiger partial charge in [-0.1, -0.05) is 12.1 Å². The fraction of sp³-hybridized carbons (Fsp3) is 0.286. The number of rotatable bonds is 4. The van der Waals surface area contributed by atoms with Crippen LogP contribution in [0.5, 0.6) is 0 Å². The van der Waals surface area contributed by atoms with Crippen molar-refractivity contribution in [3.05, 3.63) is 53.5 Å². The van der Waals surface area contributed by atoms with E-state index in [0.717, 1.165) is 23.6 Å². The molecule has 0 spiro atoms. The summed E-state index contributed by atoms with van der Waals surface area (Å²) in [6.45, 7) is 3.32. The topological polar surface area (TPSA) is 55.0 Å². The normalized spacial score (nSPS) is 10.4. The van der Waals surface area contributed by atoms with Crippen LogP contribution >= 0.6 is 0 Å². The Balaban J connectivity index is 2.14. The van der Waals surface area contributed by atoms with Crippen LogP contribution in [0.1, 0.15) is 16.8 Å². The largest absolute Gasteiger partial charge is 0.355 e. The molecule has 0 unspecified atom stereocenters. The molecule has 0 bridgehead atoms. The highest BCUT2D eigenvalue weighted by Gasteiger charge is 2.05. The van der Waals surface area contributed by atoms with Gasteiger partial charge in [-0.05, 0) is 30.2 Å². The first-order chi connectivity index (χ1) is 8.70. The standard InChI is InChI=1S/C14H18N4/c1-11-13(8-15)5-6-14(17-11)18(2)10-12-4-3-7-16-9-12/h3-7,9H,8,10,15H2,1-2H3. The van der Waals surface area contributed by atoms with Gasteiger partial charge in [0.25, 0.3) is 0 Å². The lowest BCUT2D eigenvalue weighted by atomic mass is 10.2. The van der Waals surface area contributed by atoms with Gasteiger partial charge in [0.2, 0.25) is 0 Å². The molecule has 2 heterocycles. The number of aromatic nitrogens is 2. The Morgan fingerprint density at radius 2 is 2.11 bits per heavy atom. The molecule has 94 valence electrons. The summed E-state index contributed by atoms with van der Waals surface area (Å²) in [6.07, 6.45) is 3.65. The highest BCUT2D eigenvalue weighted by molar-refractivity contribution is 5.41. The van der Waals surface area contributed by atoms with E-state index in [9.17, 15) is 0 Å². The van der Waals surface area contributed by atoms with E-state index >= 15 is 0 Å². The molecule has 0 aromatic carbocycles. The van der Waals surface area contributed by atoms with Crippen molar-refractivity contribution in [3.63, 3.8) is 0 Å². The van der Waals surface area contributed by atoms with Crippen LogP contribution in [0, 0.1) is 6.92 Å². The van der Waals surface area contributed by atoms with Crippen molar-refractivity contribution in [1.82, 2.24) is 9.97 Å². The summed E-state index contributed by atoms with van der Waals surface area (Å²) in [4.78, 5) is 10.8. The molecule has 0 aliphatic heterocycles. The van der Waals surface area contributed by atoms with Gasteiger partial charge in [-0.2, -0.15) is 0 Å². The molecule has 0 aliphatic rings. The van der Waals surface area contributed by atoms with Gasteiger partial charge >= 0.3 is 0 Å². The minimum atomic E-state index is 0.533. The van der Waals surface area contributed by atoms with Gasteiger partial charge in [0.05, 0.1) is 0 Å². The fourth-order valence-corrected chi connectivity index (χ4v) is 1.85. The average molecular weight is 242 g/mol. The fourth-order valence-electron chi connectivity index (χ4n) is 1.85. The van der Waals surface area contributed by atoms with E-state index in [4.69, 9.17) is 5.73 Å². The molecule has 0 saturated carbocycles. The minimum absolute atomic E-state index is 0.533. The molecule has 18 heavy (non-hydrogen) atoms. The number of hydrogen-bond acceptors (Lipinski definition) is 4. The molecule has 0 amide bonds. The molecule has 2 rings (SSSR count). The first-order valence-corrected chi connectivity index (χ1v) is 5.97. The maximum absolute atomic E-state index is 5.64. The maximum atomic E-state index is 5.64. The summed E-state index contributed by atoms with van der Waals surface area (Å²) in [7, 11) is 2.02. The van der Waals surface area contributed by atoms with E-state index in [1.54, 1.807) is 6.20 Å². The zero-order valence-corrected chi connectivity index (χ0v) is 10.8. The van der Waals surface area contributed by atoms with Crippen LogP contribution in [-0.2, 0) is 13.1 Å². The second-order valence-corrected chi connectivity index (χ2v) is 4.34. The molecular weight excluding hydrogens is 224 g/mol. The van der Waals surface area contributed by atoms with Gasteiger partial charge < -0.3 is 10.6 Å². The number of nitrogens with two attached hydrogens (primary N) is 1. The van der Waals surface area contributed by atoms with Crippen LogP contribution in [0.2, 0.25) is 0 Å². The van der Waals surface area contributed by atoms with E-state index < -0.39 is 0 Å². The molecule has 2 aromatic heterocycles. The Kier molecular flexibility index (Phi) is 3.89. The van der Waals surface area contributed by atoms with Gasteiger partial charge in [-0.15, -0.1) is 0 Å². The van der Waals surface area contributed by atoms with Crippen molar-refractivity contribution in [2.75, 3.05) is 11.9 Å². The smallest absolute Gasteiger partial charge is 0.128 e. The molecular formula is C14H18N4. The van der Waals surface area contributed by atoms with Crippen LogP contribution in [-0.4, -0.2) is 17.0 Å². The molecule has 0 aliphatic carbocycles. The summed E-state index contributed by atoms with van der Waals surface area (Å²) in [6, 6.07) is 8.05. The van der Waals surface area contributed by atoms with Gasteiger partial charge in [0, 0.05) is 38.2 Å². The molecule has 4 heteroatoms. The van der Waals surface area contributed by atoms with E-state index in [-0.39, 0.29) is 0 Å². The monoisotopic (exact) mass is 242 g/mol. The minimum Gasteiger partial charge on any atom is -0.355 e. The molecule has 0 atom stereocenters. The van der Waals surface area contributed by atoms with E-state index in [0.29, 0.717) is 6.54 Å². The van der Waals surface area contributed by atoms with Gasteiger partial charge in [-0.25, -0.2) is 4.98 Å². The summed E-state index contributed by atoms with van der Waals surface area (Å²) >= 11 is 0. The number of aryl methyl sites for hydroxylation is 1. The average Bonchev–Trinajstić information content (AvgIpc) is 2.39. The second kappa shape index (κ2) is 5.60. The lowest BCUT2D eigenvalue weighted by Gasteiger charge is -2.19.